The summed E-state index contributed by atoms with van der Waals surface area (Å²) in [4.78, 5) is 25.6. The average Bonchev–Trinajstić information content (AvgIpc) is 2.99. The Balaban J connectivity index is 1.41. The Kier molecular flexibility index (Phi) is 10.8. The van der Waals surface area contributed by atoms with Crippen molar-refractivity contribution >= 4 is 43.3 Å². The van der Waals surface area contributed by atoms with Gasteiger partial charge in [-0.2, -0.15) is 0 Å². The van der Waals surface area contributed by atoms with E-state index in [4.69, 9.17) is 32.2 Å². The number of amides is 2. The van der Waals surface area contributed by atoms with Gasteiger partial charge in [0, 0.05) is 25.7 Å². The second-order valence-corrected chi connectivity index (χ2v) is 10.5. The number of nitrogens with one attached hydrogen (secondary N) is 2. The first-order valence-electron chi connectivity index (χ1n) is 12.3. The van der Waals surface area contributed by atoms with Gasteiger partial charge in [0.05, 0.1) is 12.1 Å². The van der Waals surface area contributed by atoms with E-state index in [-0.39, 0.29) is 25.0 Å². The average molecular weight is 596 g/mol. The van der Waals surface area contributed by atoms with Crippen LogP contribution in [-0.4, -0.2) is 25.0 Å². The van der Waals surface area contributed by atoms with Crippen molar-refractivity contribution in [1.82, 2.24) is 10.6 Å². The van der Waals surface area contributed by atoms with Crippen molar-refractivity contribution in [2.75, 3.05) is 13.2 Å². The lowest BCUT2D eigenvalue weighted by atomic mass is 10.1. The maximum absolute atomic E-state index is 12.8. The first kappa shape index (κ1) is 29.4. The van der Waals surface area contributed by atoms with E-state index in [2.05, 4.69) is 10.6 Å². The predicted octanol–water partition coefficient (Wildman–Crippen LogP) is 7.33. The molecule has 0 heterocycles. The van der Waals surface area contributed by atoms with Crippen LogP contribution >= 0.6 is 31.5 Å². The van der Waals surface area contributed by atoms with Crippen LogP contribution in [0.3, 0.4) is 0 Å². The highest BCUT2D eigenvalue weighted by Crippen LogP contribution is 2.30. The fraction of sp³-hybridized carbons (Fsp3) is 0.133. The molecule has 0 saturated heterocycles. The molecule has 0 radical (unpaired) electrons. The summed E-state index contributed by atoms with van der Waals surface area (Å²) in [5.74, 6) is -0.626. The van der Waals surface area contributed by atoms with E-state index in [9.17, 15) is 14.2 Å². The molecule has 2 amide bonds. The molecule has 4 aromatic rings. The summed E-state index contributed by atoms with van der Waals surface area (Å²) in [6.07, 6.45) is 0. The van der Waals surface area contributed by atoms with E-state index < -0.39 is 20.3 Å². The Bertz CT molecular complexity index is 1310. The van der Waals surface area contributed by atoms with Gasteiger partial charge in [0.2, 0.25) is 0 Å². The fourth-order valence-corrected chi connectivity index (χ4v) is 4.67. The van der Waals surface area contributed by atoms with Crippen LogP contribution < -0.4 is 10.6 Å². The number of rotatable bonds is 12. The second kappa shape index (κ2) is 14.7. The number of benzene rings is 4. The minimum absolute atomic E-state index is 0.128. The third kappa shape index (κ3) is 8.71. The Hall–Kier alpha value is -3.58. The summed E-state index contributed by atoms with van der Waals surface area (Å²) in [6, 6.07) is 30.0. The molecule has 204 valence electrons. The summed E-state index contributed by atoms with van der Waals surface area (Å²) in [5.41, 5.74) is 2.38. The van der Waals surface area contributed by atoms with Crippen molar-refractivity contribution in [2.24, 2.45) is 0 Å². The van der Waals surface area contributed by atoms with Gasteiger partial charge in [0.1, 0.15) is 13.2 Å². The van der Waals surface area contributed by atoms with E-state index in [0.717, 1.165) is 0 Å². The van der Waals surface area contributed by atoms with Gasteiger partial charge < -0.3 is 10.6 Å². The Morgan fingerprint density at radius 2 is 0.950 bits per heavy atom. The van der Waals surface area contributed by atoms with Crippen LogP contribution in [0.15, 0.2) is 109 Å². The molecule has 0 saturated carbocycles. The molecule has 4 rings (SSSR count). The molecule has 0 aliphatic rings. The van der Waals surface area contributed by atoms with Gasteiger partial charge in [-0.3, -0.25) is 9.59 Å². The zero-order chi connectivity index (χ0) is 28.3. The molecule has 7 nitrogen and oxygen atoms in total. The van der Waals surface area contributed by atoms with Crippen LogP contribution in [0.1, 0.15) is 43.9 Å². The van der Waals surface area contributed by atoms with Crippen molar-refractivity contribution in [3.8, 4) is 0 Å². The highest BCUT2D eigenvalue weighted by molar-refractivity contribution is 7.33. The molecule has 10 heteroatoms. The first-order valence-corrected chi connectivity index (χ1v) is 14.2. The van der Waals surface area contributed by atoms with Gasteiger partial charge in [-0.15, -0.1) is 9.05 Å². The molecule has 0 aliphatic carbocycles. The molecular weight excluding hydrogens is 570 g/mol. The van der Waals surface area contributed by atoms with Gasteiger partial charge in [-0.25, -0.2) is 0 Å². The van der Waals surface area contributed by atoms with Gasteiger partial charge in [0.15, 0.2) is 0 Å². The first-order chi connectivity index (χ1) is 19.4. The molecule has 0 fully saturated rings. The van der Waals surface area contributed by atoms with E-state index in [1.54, 1.807) is 97.1 Å². The fourth-order valence-electron chi connectivity index (χ4n) is 3.80. The minimum Gasteiger partial charge on any atom is -0.343 e. The van der Waals surface area contributed by atoms with Crippen molar-refractivity contribution < 1.29 is 23.2 Å². The van der Waals surface area contributed by atoms with Crippen LogP contribution in [0.2, 0.25) is 10.0 Å². The second-order valence-electron chi connectivity index (χ2n) is 8.70. The van der Waals surface area contributed by atoms with Gasteiger partial charge in [-0.1, -0.05) is 83.9 Å². The Labute approximate surface area is 243 Å². The number of hydrogen-bond donors (Lipinski definition) is 2. The normalized spacial score (nSPS) is 12.7. The molecule has 4 aromatic carbocycles. The lowest BCUT2D eigenvalue weighted by Gasteiger charge is -2.18. The quantitative estimate of drug-likeness (QED) is 0.167. The molecule has 2 atom stereocenters. The molecule has 0 aromatic heterocycles. The molecule has 40 heavy (non-hydrogen) atoms. The topological polar surface area (TPSA) is 93.7 Å². The molecule has 2 N–H and O–H groups in total. The third-order valence-corrected chi connectivity index (χ3v) is 7.14. The van der Waals surface area contributed by atoms with E-state index in [1.165, 1.54) is 0 Å². The highest BCUT2D eigenvalue weighted by atomic mass is 35.5. The standard InChI is InChI=1S/C30H25Cl2N2O5P/c31-25-15-11-21(12-16-25)27(33-29(35)23-7-3-1-4-8-23)19-38-40(37)39-20-28(22-13-17-26(32)18-14-22)34-30(36)24-9-5-2-6-10-24/h1-18,27-28H,19-20H2,(H-,33,34,35,36)/p+1. The monoisotopic (exact) mass is 595 g/mol. The van der Waals surface area contributed by atoms with Crippen molar-refractivity contribution in [3.63, 3.8) is 0 Å². The molecule has 0 aliphatic heterocycles. The van der Waals surface area contributed by atoms with Crippen LogP contribution in [0.5, 0.6) is 0 Å². The molecular formula is C30H26Cl2N2O5P+. The lowest BCUT2D eigenvalue weighted by Crippen LogP contribution is -2.31. The summed E-state index contributed by atoms with van der Waals surface area (Å²) < 4.78 is 23.8. The zero-order valence-corrected chi connectivity index (χ0v) is 23.6. The van der Waals surface area contributed by atoms with Crippen LogP contribution in [-0.2, 0) is 13.6 Å². The number of carbonyl (C=O) groups is 2. The van der Waals surface area contributed by atoms with Crippen molar-refractivity contribution in [2.45, 2.75) is 12.1 Å². The van der Waals surface area contributed by atoms with Crippen molar-refractivity contribution in [3.05, 3.63) is 141 Å². The zero-order valence-electron chi connectivity index (χ0n) is 21.2. The Morgan fingerprint density at radius 3 is 1.30 bits per heavy atom. The van der Waals surface area contributed by atoms with Crippen LogP contribution in [0, 0.1) is 0 Å². The molecule has 0 spiro atoms. The van der Waals surface area contributed by atoms with Gasteiger partial charge in [-0.05, 0) is 59.7 Å². The maximum atomic E-state index is 12.8. The van der Waals surface area contributed by atoms with E-state index in [0.29, 0.717) is 32.3 Å². The number of hydrogen-bond acceptors (Lipinski definition) is 5. The lowest BCUT2D eigenvalue weighted by molar-refractivity contribution is 0.0912. The van der Waals surface area contributed by atoms with E-state index >= 15 is 0 Å². The highest BCUT2D eigenvalue weighted by Gasteiger charge is 2.28. The summed E-state index contributed by atoms with van der Waals surface area (Å²) in [5, 5.41) is 6.89. The largest absolute Gasteiger partial charge is 0.697 e. The van der Waals surface area contributed by atoms with Gasteiger partial charge >= 0.3 is 8.25 Å². The summed E-state index contributed by atoms with van der Waals surface area (Å²) in [7, 11) is -2.60. The van der Waals surface area contributed by atoms with Gasteiger partial charge in [0.25, 0.3) is 11.8 Å². The number of carbonyl (C=O) groups excluding carboxylic acids is 2. The predicted molar refractivity (Wildman–Crippen MR) is 156 cm³/mol. The maximum Gasteiger partial charge on any atom is 0.697 e. The van der Waals surface area contributed by atoms with Crippen LogP contribution in [0.25, 0.3) is 0 Å². The third-order valence-electron chi connectivity index (χ3n) is 5.92. The molecule has 2 unspecified atom stereocenters. The van der Waals surface area contributed by atoms with Crippen molar-refractivity contribution in [1.29, 1.82) is 0 Å². The summed E-state index contributed by atoms with van der Waals surface area (Å²) in [6.45, 7) is -0.255. The Morgan fingerprint density at radius 1 is 0.600 bits per heavy atom. The SMILES string of the molecule is O=C(NC(CO[P+](=O)OCC(NC(=O)c1ccccc1)c1ccc(Cl)cc1)c1ccc(Cl)cc1)c1ccccc1. The summed E-state index contributed by atoms with van der Waals surface area (Å²) >= 11 is 12.1. The van der Waals surface area contributed by atoms with E-state index in [1.807, 2.05) is 12.1 Å². The van der Waals surface area contributed by atoms with Crippen LogP contribution in [0.4, 0.5) is 0 Å². The smallest absolute Gasteiger partial charge is 0.343 e. The molecule has 0 bridgehead atoms. The minimum atomic E-state index is -2.60. The number of halogens is 2.